The number of hydrogen-bond acceptors (Lipinski definition) is 3. The van der Waals surface area contributed by atoms with Crippen molar-refractivity contribution in [1.29, 1.82) is 0 Å². The van der Waals surface area contributed by atoms with Gasteiger partial charge in [0.1, 0.15) is 0 Å². The van der Waals surface area contributed by atoms with Crippen LogP contribution in [0.1, 0.15) is 27.0 Å². The molecule has 26 heavy (non-hydrogen) atoms. The smallest absolute Gasteiger partial charge is 0.257 e. The van der Waals surface area contributed by atoms with E-state index in [1.54, 1.807) is 12.4 Å². The number of pyridine rings is 1. The van der Waals surface area contributed by atoms with Crippen LogP contribution < -0.4 is 10.2 Å². The predicted molar refractivity (Wildman–Crippen MR) is 107 cm³/mol. The molecule has 0 unspecified atom stereocenters. The molecule has 3 aromatic rings. The van der Waals surface area contributed by atoms with E-state index in [9.17, 15) is 4.79 Å². The second-order valence-electron chi connectivity index (χ2n) is 6.55. The molecule has 1 aromatic heterocycles. The molecular weight excluding hydrogens is 322 g/mol. The number of benzene rings is 2. The van der Waals surface area contributed by atoms with Crippen molar-refractivity contribution in [3.63, 3.8) is 0 Å². The van der Waals surface area contributed by atoms with Gasteiger partial charge in [-0.15, -0.1) is 0 Å². The van der Waals surface area contributed by atoms with E-state index in [2.05, 4.69) is 33.4 Å². The highest BCUT2D eigenvalue weighted by Crippen LogP contribution is 2.19. The van der Waals surface area contributed by atoms with Crippen LogP contribution in [0.15, 0.2) is 67.0 Å². The second-order valence-corrected chi connectivity index (χ2v) is 6.55. The average Bonchev–Trinajstić information content (AvgIpc) is 2.65. The van der Waals surface area contributed by atoms with E-state index in [1.165, 1.54) is 11.1 Å². The topological polar surface area (TPSA) is 45.2 Å². The van der Waals surface area contributed by atoms with E-state index in [1.807, 2.05) is 57.3 Å². The van der Waals surface area contributed by atoms with Crippen LogP contribution in [-0.2, 0) is 6.54 Å². The molecule has 0 saturated carbocycles. The Balaban J connectivity index is 1.74. The van der Waals surface area contributed by atoms with Crippen molar-refractivity contribution in [2.45, 2.75) is 20.4 Å². The maximum Gasteiger partial charge on any atom is 0.257 e. The van der Waals surface area contributed by atoms with Crippen molar-refractivity contribution >= 4 is 17.3 Å². The molecule has 0 aliphatic carbocycles. The van der Waals surface area contributed by atoms with E-state index < -0.39 is 0 Å². The number of aryl methyl sites for hydroxylation is 2. The van der Waals surface area contributed by atoms with Gasteiger partial charge >= 0.3 is 0 Å². The number of carbonyl (C=O) groups is 1. The average molecular weight is 345 g/mol. The summed E-state index contributed by atoms with van der Waals surface area (Å²) in [5.74, 6) is -0.153. The Bertz CT molecular complexity index is 906. The highest BCUT2D eigenvalue weighted by atomic mass is 16.1. The fraction of sp³-hybridized carbons (Fsp3) is 0.182. The Labute approximate surface area is 154 Å². The first kappa shape index (κ1) is 17.7. The van der Waals surface area contributed by atoms with Crippen LogP contribution in [0.3, 0.4) is 0 Å². The zero-order valence-corrected chi connectivity index (χ0v) is 15.4. The number of hydrogen-bond donors (Lipinski definition) is 1. The summed E-state index contributed by atoms with van der Waals surface area (Å²) in [6, 6.07) is 18.1. The van der Waals surface area contributed by atoms with E-state index >= 15 is 0 Å². The minimum absolute atomic E-state index is 0.153. The van der Waals surface area contributed by atoms with E-state index in [-0.39, 0.29) is 5.91 Å². The number of carbonyl (C=O) groups excluding carboxylic acids is 1. The lowest BCUT2D eigenvalue weighted by atomic mass is 10.1. The van der Waals surface area contributed by atoms with Gasteiger partial charge in [0.2, 0.25) is 0 Å². The molecule has 1 N–H and O–H groups in total. The summed E-state index contributed by atoms with van der Waals surface area (Å²) < 4.78 is 0. The van der Waals surface area contributed by atoms with Gasteiger partial charge in [-0.05, 0) is 37.1 Å². The van der Waals surface area contributed by atoms with Crippen LogP contribution in [0.4, 0.5) is 11.4 Å². The molecule has 3 rings (SSSR count). The molecular formula is C22H23N3O. The van der Waals surface area contributed by atoms with Crippen LogP contribution in [-0.4, -0.2) is 17.9 Å². The highest BCUT2D eigenvalue weighted by molar-refractivity contribution is 6.04. The van der Waals surface area contributed by atoms with Crippen molar-refractivity contribution in [2.24, 2.45) is 0 Å². The minimum atomic E-state index is -0.153. The summed E-state index contributed by atoms with van der Waals surface area (Å²) in [5, 5.41) is 2.97. The molecule has 132 valence electrons. The monoisotopic (exact) mass is 345 g/mol. The molecule has 4 heteroatoms. The molecule has 0 spiro atoms. The number of aromatic nitrogens is 1. The summed E-state index contributed by atoms with van der Waals surface area (Å²) in [4.78, 5) is 18.9. The van der Waals surface area contributed by atoms with Gasteiger partial charge in [0.25, 0.3) is 5.91 Å². The summed E-state index contributed by atoms with van der Waals surface area (Å²) >= 11 is 0. The largest absolute Gasteiger partial charge is 0.369 e. The van der Waals surface area contributed by atoms with Gasteiger partial charge < -0.3 is 10.2 Å². The SMILES string of the molecule is Cc1ccc(NC(=O)c2cncc(N(C)Cc3ccccc3)c2)c(C)c1. The predicted octanol–water partition coefficient (Wildman–Crippen LogP) is 4.59. The van der Waals surface area contributed by atoms with Crippen LogP contribution in [0.5, 0.6) is 0 Å². The highest BCUT2D eigenvalue weighted by Gasteiger charge is 2.11. The number of nitrogens with zero attached hydrogens (tertiary/aromatic N) is 2. The quantitative estimate of drug-likeness (QED) is 0.736. The molecule has 0 fully saturated rings. The Morgan fingerprint density at radius 1 is 1.04 bits per heavy atom. The first-order valence-electron chi connectivity index (χ1n) is 8.61. The van der Waals surface area contributed by atoms with Crippen molar-refractivity contribution in [3.8, 4) is 0 Å². The van der Waals surface area contributed by atoms with E-state index in [0.717, 1.165) is 23.5 Å². The summed E-state index contributed by atoms with van der Waals surface area (Å²) in [7, 11) is 2.00. The van der Waals surface area contributed by atoms with Crippen LogP contribution in [0, 0.1) is 13.8 Å². The molecule has 4 nitrogen and oxygen atoms in total. The van der Waals surface area contributed by atoms with E-state index in [0.29, 0.717) is 5.56 Å². The van der Waals surface area contributed by atoms with Gasteiger partial charge in [-0.2, -0.15) is 0 Å². The molecule has 0 radical (unpaired) electrons. The normalized spacial score (nSPS) is 10.4. The number of nitrogens with one attached hydrogen (secondary N) is 1. The lowest BCUT2D eigenvalue weighted by Gasteiger charge is -2.19. The van der Waals surface area contributed by atoms with Gasteiger partial charge in [0.15, 0.2) is 0 Å². The van der Waals surface area contributed by atoms with Gasteiger partial charge in [-0.1, -0.05) is 48.0 Å². The Morgan fingerprint density at radius 3 is 2.54 bits per heavy atom. The zero-order valence-electron chi connectivity index (χ0n) is 15.4. The Hall–Kier alpha value is -3.14. The third-order valence-corrected chi connectivity index (χ3v) is 4.32. The maximum atomic E-state index is 12.6. The van der Waals surface area contributed by atoms with Crippen LogP contribution >= 0.6 is 0 Å². The van der Waals surface area contributed by atoms with Crippen molar-refractivity contribution < 1.29 is 4.79 Å². The summed E-state index contributed by atoms with van der Waals surface area (Å²) in [6.45, 7) is 4.78. The number of rotatable bonds is 5. The first-order chi connectivity index (χ1) is 12.5. The molecule has 1 heterocycles. The molecule has 0 bridgehead atoms. The van der Waals surface area contributed by atoms with Crippen LogP contribution in [0.25, 0.3) is 0 Å². The molecule has 0 saturated heterocycles. The molecule has 2 aromatic carbocycles. The standard InChI is InChI=1S/C22H23N3O/c1-16-9-10-21(17(2)11-16)24-22(26)19-12-20(14-23-13-19)25(3)15-18-7-5-4-6-8-18/h4-14H,15H2,1-3H3,(H,24,26). The lowest BCUT2D eigenvalue weighted by Crippen LogP contribution is -2.18. The van der Waals surface area contributed by atoms with Crippen molar-refractivity contribution in [3.05, 3.63) is 89.2 Å². The summed E-state index contributed by atoms with van der Waals surface area (Å²) in [5.41, 5.74) is 5.70. The van der Waals surface area contributed by atoms with Crippen molar-refractivity contribution in [1.82, 2.24) is 4.98 Å². The molecule has 1 amide bonds. The van der Waals surface area contributed by atoms with Crippen LogP contribution in [0.2, 0.25) is 0 Å². The van der Waals surface area contributed by atoms with Crippen molar-refractivity contribution in [2.75, 3.05) is 17.3 Å². The van der Waals surface area contributed by atoms with Gasteiger partial charge in [-0.25, -0.2) is 0 Å². The second kappa shape index (κ2) is 7.83. The third kappa shape index (κ3) is 4.28. The Kier molecular flexibility index (Phi) is 5.32. The molecule has 0 atom stereocenters. The number of anilines is 2. The van der Waals surface area contributed by atoms with Gasteiger partial charge in [0, 0.05) is 25.5 Å². The fourth-order valence-electron chi connectivity index (χ4n) is 2.86. The Morgan fingerprint density at radius 2 is 1.81 bits per heavy atom. The molecule has 0 aliphatic heterocycles. The summed E-state index contributed by atoms with van der Waals surface area (Å²) in [6.07, 6.45) is 3.37. The lowest BCUT2D eigenvalue weighted by molar-refractivity contribution is 0.102. The van der Waals surface area contributed by atoms with Gasteiger partial charge in [0.05, 0.1) is 17.4 Å². The number of amides is 1. The van der Waals surface area contributed by atoms with Gasteiger partial charge in [-0.3, -0.25) is 9.78 Å². The molecule has 0 aliphatic rings. The zero-order chi connectivity index (χ0) is 18.5. The minimum Gasteiger partial charge on any atom is -0.369 e. The third-order valence-electron chi connectivity index (χ3n) is 4.32. The maximum absolute atomic E-state index is 12.6. The van der Waals surface area contributed by atoms with E-state index in [4.69, 9.17) is 0 Å². The fourth-order valence-corrected chi connectivity index (χ4v) is 2.86. The first-order valence-corrected chi connectivity index (χ1v) is 8.61.